The molecule has 10 heteroatoms. The van der Waals surface area contributed by atoms with Crippen molar-refractivity contribution in [3.63, 3.8) is 0 Å². The summed E-state index contributed by atoms with van der Waals surface area (Å²) in [6, 6.07) is 4.95. The SMILES string of the molecule is Cc1ccc(OCCCCNCCO)c([N+](=O)[O-])c1.O=C(O)C(=O)O. The van der Waals surface area contributed by atoms with Gasteiger partial charge in [0.25, 0.3) is 0 Å². The first-order valence-electron chi connectivity index (χ1n) is 7.45. The molecule has 25 heavy (non-hydrogen) atoms. The van der Waals surface area contributed by atoms with Gasteiger partial charge in [-0.05, 0) is 37.9 Å². The molecule has 0 saturated heterocycles. The van der Waals surface area contributed by atoms with E-state index in [0.29, 0.717) is 18.9 Å². The molecule has 0 aliphatic rings. The van der Waals surface area contributed by atoms with Crippen LogP contribution in [-0.2, 0) is 9.59 Å². The fraction of sp³-hybridized carbons (Fsp3) is 0.467. The molecule has 10 nitrogen and oxygen atoms in total. The van der Waals surface area contributed by atoms with E-state index in [-0.39, 0.29) is 12.3 Å². The molecule has 0 spiro atoms. The summed E-state index contributed by atoms with van der Waals surface area (Å²) in [7, 11) is 0. The third-order valence-electron chi connectivity index (χ3n) is 2.79. The second kappa shape index (κ2) is 12.7. The number of nitro groups is 1. The zero-order valence-electron chi connectivity index (χ0n) is 13.8. The number of rotatable bonds is 9. The van der Waals surface area contributed by atoms with Crippen LogP contribution in [0.5, 0.6) is 5.75 Å². The highest BCUT2D eigenvalue weighted by molar-refractivity contribution is 6.27. The molecule has 0 amide bonds. The number of carboxylic acid groups (broad SMARTS) is 2. The Morgan fingerprint density at radius 2 is 1.84 bits per heavy atom. The molecule has 0 aromatic heterocycles. The molecule has 0 saturated carbocycles. The van der Waals surface area contributed by atoms with Crippen molar-refractivity contribution >= 4 is 17.6 Å². The van der Waals surface area contributed by atoms with Crippen LogP contribution in [0.25, 0.3) is 0 Å². The molecule has 0 atom stereocenters. The zero-order chi connectivity index (χ0) is 19.2. The van der Waals surface area contributed by atoms with Crippen molar-refractivity contribution in [2.75, 3.05) is 26.3 Å². The molecular formula is C15H22N2O8. The highest BCUT2D eigenvalue weighted by Gasteiger charge is 2.14. The highest BCUT2D eigenvalue weighted by Crippen LogP contribution is 2.27. The predicted molar refractivity (Wildman–Crippen MR) is 87.8 cm³/mol. The maximum Gasteiger partial charge on any atom is 0.414 e. The lowest BCUT2D eigenvalue weighted by molar-refractivity contribution is -0.385. The summed E-state index contributed by atoms with van der Waals surface area (Å²) in [4.78, 5) is 28.6. The van der Waals surface area contributed by atoms with Gasteiger partial charge in [-0.1, -0.05) is 6.07 Å². The number of aliphatic hydroxyl groups excluding tert-OH is 1. The molecule has 140 valence electrons. The maximum absolute atomic E-state index is 10.9. The van der Waals surface area contributed by atoms with Crippen molar-refractivity contribution in [2.45, 2.75) is 19.8 Å². The summed E-state index contributed by atoms with van der Waals surface area (Å²) in [6.45, 7) is 3.78. The Kier molecular flexibility index (Phi) is 11.3. The predicted octanol–water partition coefficient (Wildman–Crippen LogP) is 0.800. The summed E-state index contributed by atoms with van der Waals surface area (Å²) >= 11 is 0. The Labute approximate surface area is 144 Å². The normalized spacial score (nSPS) is 9.68. The van der Waals surface area contributed by atoms with Gasteiger partial charge in [0.2, 0.25) is 0 Å². The van der Waals surface area contributed by atoms with Gasteiger partial charge in [0.15, 0.2) is 5.75 Å². The van der Waals surface area contributed by atoms with Gasteiger partial charge in [-0.3, -0.25) is 10.1 Å². The molecule has 0 radical (unpaired) electrons. The number of unbranched alkanes of at least 4 members (excludes halogenated alkanes) is 1. The second-order valence-electron chi connectivity index (χ2n) is 4.87. The molecule has 0 unspecified atom stereocenters. The first-order valence-corrected chi connectivity index (χ1v) is 7.45. The van der Waals surface area contributed by atoms with Gasteiger partial charge in [-0.2, -0.15) is 0 Å². The number of nitro benzene ring substituents is 1. The van der Waals surface area contributed by atoms with Crippen molar-refractivity contribution in [3.05, 3.63) is 33.9 Å². The summed E-state index contributed by atoms with van der Waals surface area (Å²) in [5, 5.41) is 37.3. The van der Waals surface area contributed by atoms with Gasteiger partial charge in [0.05, 0.1) is 18.1 Å². The average Bonchev–Trinajstić information content (AvgIpc) is 2.55. The number of aliphatic hydroxyl groups is 1. The number of hydrogen-bond donors (Lipinski definition) is 4. The summed E-state index contributed by atoms with van der Waals surface area (Å²) in [5.41, 5.74) is 0.852. The number of nitrogens with zero attached hydrogens (tertiary/aromatic N) is 1. The molecule has 0 bridgehead atoms. The van der Waals surface area contributed by atoms with Gasteiger partial charge in [0, 0.05) is 12.6 Å². The highest BCUT2D eigenvalue weighted by atomic mass is 16.6. The first kappa shape index (κ1) is 22.3. The quantitative estimate of drug-likeness (QED) is 0.217. The molecule has 1 rings (SSSR count). The molecule has 0 fully saturated rings. The van der Waals surface area contributed by atoms with Crippen LogP contribution in [0, 0.1) is 17.0 Å². The van der Waals surface area contributed by atoms with Gasteiger partial charge in [-0.25, -0.2) is 9.59 Å². The number of ether oxygens (including phenoxy) is 1. The minimum atomic E-state index is -1.82. The monoisotopic (exact) mass is 358 g/mol. The standard InChI is InChI=1S/C13H20N2O4.C2H2O4/c1-11-4-5-13(12(10-11)15(17)18)19-9-3-2-6-14-7-8-16;3-1(4)2(5)6/h4-5,10,14,16H,2-3,6-9H2,1H3;(H,3,4)(H,5,6). The van der Waals surface area contributed by atoms with E-state index in [0.717, 1.165) is 24.9 Å². The zero-order valence-corrected chi connectivity index (χ0v) is 13.8. The van der Waals surface area contributed by atoms with Crippen molar-refractivity contribution in [1.29, 1.82) is 0 Å². The number of carbonyl (C=O) groups is 2. The molecule has 0 heterocycles. The van der Waals surface area contributed by atoms with E-state index in [2.05, 4.69) is 5.32 Å². The van der Waals surface area contributed by atoms with Gasteiger partial charge in [-0.15, -0.1) is 0 Å². The van der Waals surface area contributed by atoms with E-state index in [1.807, 2.05) is 6.92 Å². The minimum Gasteiger partial charge on any atom is -0.487 e. The van der Waals surface area contributed by atoms with Crippen LogP contribution in [-0.4, -0.2) is 58.5 Å². The van der Waals surface area contributed by atoms with Crippen molar-refractivity contribution in [2.24, 2.45) is 0 Å². The number of benzene rings is 1. The minimum absolute atomic E-state index is 0.0124. The van der Waals surface area contributed by atoms with Crippen LogP contribution in [0.4, 0.5) is 5.69 Å². The van der Waals surface area contributed by atoms with Crippen LogP contribution < -0.4 is 10.1 Å². The van der Waals surface area contributed by atoms with E-state index in [1.54, 1.807) is 12.1 Å². The lowest BCUT2D eigenvalue weighted by Crippen LogP contribution is -2.19. The summed E-state index contributed by atoms with van der Waals surface area (Å²) in [5.74, 6) is -3.33. The van der Waals surface area contributed by atoms with Crippen molar-refractivity contribution < 1.29 is 34.6 Å². The number of aliphatic carboxylic acids is 2. The van der Waals surface area contributed by atoms with Crippen molar-refractivity contribution in [1.82, 2.24) is 5.32 Å². The van der Waals surface area contributed by atoms with Gasteiger partial charge in [0.1, 0.15) is 0 Å². The average molecular weight is 358 g/mol. The number of carboxylic acids is 2. The third-order valence-corrected chi connectivity index (χ3v) is 2.79. The largest absolute Gasteiger partial charge is 0.487 e. The Morgan fingerprint density at radius 1 is 1.20 bits per heavy atom. The second-order valence-corrected chi connectivity index (χ2v) is 4.87. The third kappa shape index (κ3) is 10.6. The van der Waals surface area contributed by atoms with E-state index in [1.165, 1.54) is 6.07 Å². The van der Waals surface area contributed by atoms with E-state index >= 15 is 0 Å². The molecule has 0 aliphatic heterocycles. The fourth-order valence-corrected chi connectivity index (χ4v) is 1.63. The number of hydrogen-bond acceptors (Lipinski definition) is 7. The van der Waals surface area contributed by atoms with Gasteiger partial charge >= 0.3 is 17.6 Å². The number of nitrogens with one attached hydrogen (secondary N) is 1. The maximum atomic E-state index is 10.9. The Morgan fingerprint density at radius 3 is 2.36 bits per heavy atom. The number of aryl methyl sites for hydroxylation is 1. The first-order chi connectivity index (χ1) is 11.8. The van der Waals surface area contributed by atoms with Crippen molar-refractivity contribution in [3.8, 4) is 5.75 Å². The van der Waals surface area contributed by atoms with Crippen LogP contribution >= 0.6 is 0 Å². The molecule has 0 aliphatic carbocycles. The van der Waals surface area contributed by atoms with Crippen LogP contribution in [0.15, 0.2) is 18.2 Å². The van der Waals surface area contributed by atoms with E-state index in [4.69, 9.17) is 29.6 Å². The van der Waals surface area contributed by atoms with Gasteiger partial charge < -0.3 is 25.4 Å². The molecule has 1 aromatic carbocycles. The Bertz CT molecular complexity index is 565. The van der Waals surface area contributed by atoms with Crippen LogP contribution in [0.1, 0.15) is 18.4 Å². The Balaban J connectivity index is 0.000000823. The topological polar surface area (TPSA) is 159 Å². The summed E-state index contributed by atoms with van der Waals surface area (Å²) < 4.78 is 5.44. The lowest BCUT2D eigenvalue weighted by Gasteiger charge is -2.07. The molecule has 4 N–H and O–H groups in total. The van der Waals surface area contributed by atoms with E-state index < -0.39 is 16.9 Å². The van der Waals surface area contributed by atoms with E-state index in [9.17, 15) is 10.1 Å². The fourth-order valence-electron chi connectivity index (χ4n) is 1.63. The summed E-state index contributed by atoms with van der Waals surface area (Å²) in [6.07, 6.45) is 1.71. The smallest absolute Gasteiger partial charge is 0.414 e. The Hall–Kier alpha value is -2.72. The molecular weight excluding hydrogens is 336 g/mol. The van der Waals surface area contributed by atoms with Crippen LogP contribution in [0.3, 0.4) is 0 Å². The molecule has 1 aromatic rings. The van der Waals surface area contributed by atoms with Crippen LogP contribution in [0.2, 0.25) is 0 Å². The lowest BCUT2D eigenvalue weighted by atomic mass is 10.2.